The molecule has 9 aromatic rings. The van der Waals surface area contributed by atoms with Gasteiger partial charge >= 0.3 is 0 Å². The molecule has 0 bridgehead atoms. The van der Waals surface area contributed by atoms with E-state index in [1.165, 1.54) is 32.6 Å². The van der Waals surface area contributed by atoms with E-state index in [2.05, 4.69) is 160 Å². The van der Waals surface area contributed by atoms with Gasteiger partial charge in [-0.1, -0.05) is 121 Å². The molecule has 46 heavy (non-hydrogen) atoms. The molecule has 3 heteroatoms. The van der Waals surface area contributed by atoms with Crippen LogP contribution in [0.15, 0.2) is 164 Å². The third-order valence-corrected chi connectivity index (χ3v) is 9.12. The molecule has 0 radical (unpaired) electrons. The van der Waals surface area contributed by atoms with Crippen molar-refractivity contribution in [3.05, 3.63) is 175 Å². The van der Waals surface area contributed by atoms with E-state index in [1.54, 1.807) is 0 Å². The largest absolute Gasteiger partial charge is 0.309 e. The summed E-state index contributed by atoms with van der Waals surface area (Å²) in [6.45, 7) is 7.71. The fraction of sp³-hybridized carbons (Fsp3) is 0. The Morgan fingerprint density at radius 2 is 0.826 bits per heavy atom. The lowest BCUT2D eigenvalue weighted by molar-refractivity contribution is 1.17. The lowest BCUT2D eigenvalue weighted by atomic mass is 9.95. The van der Waals surface area contributed by atoms with Crippen LogP contribution < -0.4 is 0 Å². The molecule has 0 spiro atoms. The van der Waals surface area contributed by atoms with Crippen molar-refractivity contribution in [2.24, 2.45) is 0 Å². The predicted molar refractivity (Wildman–Crippen MR) is 192 cm³/mol. The van der Waals surface area contributed by atoms with Gasteiger partial charge in [-0.3, -0.25) is 0 Å². The molecule has 0 amide bonds. The molecule has 0 aliphatic heterocycles. The van der Waals surface area contributed by atoms with Gasteiger partial charge in [-0.05, 0) is 53.6 Å². The summed E-state index contributed by atoms with van der Waals surface area (Å²) >= 11 is 0. The zero-order valence-corrected chi connectivity index (χ0v) is 24.9. The molecule has 0 fully saturated rings. The normalized spacial score (nSPS) is 11.5. The summed E-state index contributed by atoms with van der Waals surface area (Å²) in [5.74, 6) is 0. The van der Waals surface area contributed by atoms with Crippen LogP contribution in [0, 0.1) is 6.57 Å². The quantitative estimate of drug-likeness (QED) is 0.182. The van der Waals surface area contributed by atoms with Gasteiger partial charge in [0.05, 0.1) is 34.3 Å². The van der Waals surface area contributed by atoms with Crippen molar-refractivity contribution in [3.63, 3.8) is 0 Å². The van der Waals surface area contributed by atoms with Crippen LogP contribution in [-0.2, 0) is 0 Å². The van der Waals surface area contributed by atoms with Crippen molar-refractivity contribution in [2.45, 2.75) is 0 Å². The molecule has 3 nitrogen and oxygen atoms in total. The van der Waals surface area contributed by atoms with E-state index in [-0.39, 0.29) is 0 Å². The predicted octanol–water partition coefficient (Wildman–Crippen LogP) is 11.8. The van der Waals surface area contributed by atoms with Crippen LogP contribution in [0.3, 0.4) is 0 Å². The van der Waals surface area contributed by atoms with Crippen LogP contribution in [0.1, 0.15) is 0 Å². The average Bonchev–Trinajstić information content (AvgIpc) is 3.64. The van der Waals surface area contributed by atoms with E-state index < -0.39 is 0 Å². The highest BCUT2D eigenvalue weighted by molar-refractivity contribution is 6.11. The molecule has 0 saturated heterocycles. The second kappa shape index (κ2) is 10.4. The smallest absolute Gasteiger partial charge is 0.187 e. The number of para-hydroxylation sites is 5. The lowest BCUT2D eigenvalue weighted by Crippen LogP contribution is -2.01. The van der Waals surface area contributed by atoms with E-state index in [9.17, 15) is 0 Å². The minimum absolute atomic E-state index is 0.629. The summed E-state index contributed by atoms with van der Waals surface area (Å²) in [5, 5.41) is 4.92. The van der Waals surface area contributed by atoms with E-state index in [4.69, 9.17) is 6.57 Å². The molecule has 0 unspecified atom stereocenters. The Morgan fingerprint density at radius 1 is 0.391 bits per heavy atom. The maximum atomic E-state index is 7.71. The summed E-state index contributed by atoms with van der Waals surface area (Å²) < 4.78 is 4.78. The molecule has 0 aliphatic carbocycles. The molecule has 2 heterocycles. The standard InChI is InChI=1S/C43H27N3/c1-44-31-15-10-13-29(27-31)33-21-12-22-34(43(33)46-41-25-8-4-19-37(41)38-20-5-9-26-42(38)46)30-14-11-16-32(28-30)45-39-23-6-2-17-35(39)36-18-3-7-24-40(36)45/h2-28H. The Labute approximate surface area is 266 Å². The first-order chi connectivity index (χ1) is 22.8. The molecule has 0 saturated carbocycles. The van der Waals surface area contributed by atoms with Crippen molar-refractivity contribution in [1.29, 1.82) is 0 Å². The third-order valence-electron chi connectivity index (χ3n) is 9.12. The summed E-state index contributed by atoms with van der Waals surface area (Å²) in [6, 6.07) is 58.0. The number of hydrogen-bond donors (Lipinski definition) is 0. The summed E-state index contributed by atoms with van der Waals surface area (Å²) in [6.07, 6.45) is 0. The lowest BCUT2D eigenvalue weighted by Gasteiger charge is -2.20. The first-order valence-corrected chi connectivity index (χ1v) is 15.5. The van der Waals surface area contributed by atoms with Gasteiger partial charge in [0.1, 0.15) is 0 Å². The molecule has 0 N–H and O–H groups in total. The van der Waals surface area contributed by atoms with Crippen LogP contribution in [0.4, 0.5) is 5.69 Å². The third kappa shape index (κ3) is 3.91. The minimum atomic E-state index is 0.629. The van der Waals surface area contributed by atoms with Gasteiger partial charge < -0.3 is 9.13 Å². The van der Waals surface area contributed by atoms with Crippen LogP contribution >= 0.6 is 0 Å². The Morgan fingerprint density at radius 3 is 1.35 bits per heavy atom. The van der Waals surface area contributed by atoms with E-state index >= 15 is 0 Å². The van der Waals surface area contributed by atoms with Crippen LogP contribution in [0.2, 0.25) is 0 Å². The van der Waals surface area contributed by atoms with Crippen molar-refractivity contribution in [2.75, 3.05) is 0 Å². The average molecular weight is 586 g/mol. The summed E-state index contributed by atoms with van der Waals surface area (Å²) in [5.41, 5.74) is 11.9. The van der Waals surface area contributed by atoms with Gasteiger partial charge in [-0.15, -0.1) is 0 Å². The zero-order valence-electron chi connectivity index (χ0n) is 24.9. The highest BCUT2D eigenvalue weighted by Gasteiger charge is 2.20. The maximum absolute atomic E-state index is 7.71. The molecule has 0 aliphatic rings. The van der Waals surface area contributed by atoms with Crippen molar-refractivity contribution in [3.8, 4) is 33.6 Å². The number of nitrogens with zero attached hydrogens (tertiary/aromatic N) is 3. The van der Waals surface area contributed by atoms with Gasteiger partial charge in [0.15, 0.2) is 5.69 Å². The molecule has 9 rings (SSSR count). The Hall–Kier alpha value is -6.37. The van der Waals surface area contributed by atoms with Gasteiger partial charge in [0.25, 0.3) is 0 Å². The Balaban J connectivity index is 1.37. The fourth-order valence-electron chi connectivity index (χ4n) is 7.17. The van der Waals surface area contributed by atoms with Gasteiger partial charge in [0.2, 0.25) is 0 Å². The SMILES string of the molecule is [C-]#[N+]c1cccc(-c2cccc(-c3cccc(-n4c5ccccc5c5ccccc54)c3)c2-n2c3ccccc3c3ccccc32)c1. The highest BCUT2D eigenvalue weighted by Crippen LogP contribution is 2.42. The van der Waals surface area contributed by atoms with Gasteiger partial charge in [0, 0.05) is 38.4 Å². The molecule has 0 atom stereocenters. The van der Waals surface area contributed by atoms with Crippen LogP contribution in [0.25, 0.3) is 82.1 Å². The van der Waals surface area contributed by atoms with Crippen molar-refractivity contribution < 1.29 is 0 Å². The fourth-order valence-corrected chi connectivity index (χ4v) is 7.17. The van der Waals surface area contributed by atoms with Crippen LogP contribution in [-0.4, -0.2) is 9.13 Å². The number of fused-ring (bicyclic) bond motifs is 6. The van der Waals surface area contributed by atoms with Crippen molar-refractivity contribution >= 4 is 49.3 Å². The van der Waals surface area contributed by atoms with Crippen LogP contribution in [0.5, 0.6) is 0 Å². The zero-order chi connectivity index (χ0) is 30.6. The second-order valence-corrected chi connectivity index (χ2v) is 11.7. The number of benzene rings is 7. The maximum Gasteiger partial charge on any atom is 0.187 e. The topological polar surface area (TPSA) is 14.2 Å². The number of rotatable bonds is 4. The van der Waals surface area contributed by atoms with Gasteiger partial charge in [-0.2, -0.15) is 0 Å². The molecule has 2 aromatic heterocycles. The summed E-state index contributed by atoms with van der Waals surface area (Å²) in [4.78, 5) is 3.76. The second-order valence-electron chi connectivity index (χ2n) is 11.7. The minimum Gasteiger partial charge on any atom is -0.309 e. The molecular formula is C43H27N3. The van der Waals surface area contributed by atoms with E-state index in [1.807, 2.05) is 18.2 Å². The van der Waals surface area contributed by atoms with Crippen molar-refractivity contribution in [1.82, 2.24) is 9.13 Å². The first-order valence-electron chi connectivity index (χ1n) is 15.5. The number of hydrogen-bond acceptors (Lipinski definition) is 0. The van der Waals surface area contributed by atoms with E-state index in [0.717, 1.165) is 44.7 Å². The number of aromatic nitrogens is 2. The Bertz CT molecular complexity index is 2560. The Kier molecular flexibility index (Phi) is 5.88. The van der Waals surface area contributed by atoms with Gasteiger partial charge in [-0.25, -0.2) is 4.85 Å². The highest BCUT2D eigenvalue weighted by atomic mass is 15.0. The monoisotopic (exact) mass is 585 g/mol. The molecule has 214 valence electrons. The molecular weight excluding hydrogens is 558 g/mol. The first kappa shape index (κ1) is 26.1. The molecule has 7 aromatic carbocycles. The summed E-state index contributed by atoms with van der Waals surface area (Å²) in [7, 11) is 0. The van der Waals surface area contributed by atoms with E-state index in [0.29, 0.717) is 5.69 Å².